The lowest BCUT2D eigenvalue weighted by Gasteiger charge is -2.17. The average Bonchev–Trinajstić information content (AvgIpc) is 3.22. The van der Waals surface area contributed by atoms with Crippen molar-refractivity contribution in [2.24, 2.45) is 0 Å². The Morgan fingerprint density at radius 3 is 2.42 bits per heavy atom. The van der Waals surface area contributed by atoms with E-state index in [1.807, 2.05) is 0 Å². The van der Waals surface area contributed by atoms with E-state index in [2.05, 4.69) is 5.32 Å². The lowest BCUT2D eigenvalue weighted by molar-refractivity contribution is 0.0695. The zero-order chi connectivity index (χ0) is 23.4. The molecule has 0 aliphatic carbocycles. The molecule has 0 unspecified atom stereocenters. The highest BCUT2D eigenvalue weighted by Crippen LogP contribution is 2.34. The van der Waals surface area contributed by atoms with E-state index in [1.165, 1.54) is 6.07 Å². The number of pyridine rings is 1. The van der Waals surface area contributed by atoms with Crippen LogP contribution in [0.5, 0.6) is 0 Å². The molecule has 0 saturated heterocycles. The first-order valence-electron chi connectivity index (χ1n) is 9.85. The fourth-order valence-electron chi connectivity index (χ4n) is 4.15. The van der Waals surface area contributed by atoms with E-state index in [9.17, 15) is 23.5 Å². The van der Waals surface area contributed by atoms with Crippen LogP contribution >= 0.6 is 0 Å². The summed E-state index contributed by atoms with van der Waals surface area (Å²) in [7, 11) is 0. The normalized spacial score (nSPS) is 12.8. The molecule has 4 aromatic rings. The summed E-state index contributed by atoms with van der Waals surface area (Å²) < 4.78 is 59.8. The quantitative estimate of drug-likeness (QED) is 0.447. The SMILES string of the molecule is O=C(O)c1cn(-c2ccc(F)cc2F)c2c(F)c(-c3ccc4c(c3)CNC4)c(F)cc2c1=O. The Morgan fingerprint density at radius 1 is 0.939 bits per heavy atom. The minimum Gasteiger partial charge on any atom is -0.477 e. The summed E-state index contributed by atoms with van der Waals surface area (Å²) in [5.41, 5.74) is -1.28. The summed E-state index contributed by atoms with van der Waals surface area (Å²) >= 11 is 0. The standard InChI is InChI=1S/C24H14F4N2O3/c25-14-3-4-19(17(26)6-14)30-10-16(24(32)33)23(31)15-7-18(27)20(21(28)22(15)30)11-1-2-12-8-29-9-13(12)5-11/h1-7,10,29H,8-9H2,(H,32,33). The molecular formula is C24H14F4N2O3. The van der Waals surface area contributed by atoms with Gasteiger partial charge in [-0.1, -0.05) is 12.1 Å². The Hall–Kier alpha value is -3.98. The predicted octanol–water partition coefficient (Wildman–Crippen LogP) is 4.52. The van der Waals surface area contributed by atoms with Crippen molar-refractivity contribution in [1.29, 1.82) is 0 Å². The minimum absolute atomic E-state index is 0.204. The first-order chi connectivity index (χ1) is 15.8. The number of nitrogens with zero attached hydrogens (tertiary/aromatic N) is 1. The van der Waals surface area contributed by atoms with E-state index < -0.39 is 62.4 Å². The van der Waals surface area contributed by atoms with Gasteiger partial charge >= 0.3 is 5.97 Å². The van der Waals surface area contributed by atoms with Gasteiger partial charge in [-0.15, -0.1) is 0 Å². The lowest BCUT2D eigenvalue weighted by atomic mass is 9.97. The number of fused-ring (bicyclic) bond motifs is 2. The van der Waals surface area contributed by atoms with Gasteiger partial charge in [0.05, 0.1) is 22.2 Å². The molecule has 3 aromatic carbocycles. The molecule has 0 bridgehead atoms. The van der Waals surface area contributed by atoms with E-state index in [1.54, 1.807) is 12.1 Å². The van der Waals surface area contributed by atoms with Crippen molar-refractivity contribution < 1.29 is 27.5 Å². The molecule has 0 atom stereocenters. The number of benzene rings is 3. The van der Waals surface area contributed by atoms with Crippen LogP contribution < -0.4 is 10.7 Å². The van der Waals surface area contributed by atoms with Crippen LogP contribution in [0.4, 0.5) is 17.6 Å². The molecule has 5 nitrogen and oxygen atoms in total. The van der Waals surface area contributed by atoms with Gasteiger partial charge < -0.3 is 15.0 Å². The maximum absolute atomic E-state index is 15.9. The topological polar surface area (TPSA) is 71.3 Å². The number of carboxylic acid groups (broad SMARTS) is 1. The summed E-state index contributed by atoms with van der Waals surface area (Å²) in [5, 5.41) is 12.0. The minimum atomic E-state index is -1.66. The van der Waals surface area contributed by atoms with Gasteiger partial charge in [-0.3, -0.25) is 4.79 Å². The number of rotatable bonds is 3. The third-order valence-electron chi connectivity index (χ3n) is 5.71. The molecule has 2 N–H and O–H groups in total. The summed E-state index contributed by atoms with van der Waals surface area (Å²) in [6, 6.07) is 8.04. The highest BCUT2D eigenvalue weighted by Gasteiger charge is 2.25. The van der Waals surface area contributed by atoms with Crippen molar-refractivity contribution in [2.45, 2.75) is 13.1 Å². The highest BCUT2D eigenvalue weighted by atomic mass is 19.1. The molecule has 9 heteroatoms. The molecule has 5 rings (SSSR count). The largest absolute Gasteiger partial charge is 0.477 e. The van der Waals surface area contributed by atoms with E-state index >= 15 is 8.78 Å². The van der Waals surface area contributed by atoms with Crippen LogP contribution in [0.25, 0.3) is 27.7 Å². The number of halogens is 4. The maximum Gasteiger partial charge on any atom is 0.341 e. The van der Waals surface area contributed by atoms with Crippen molar-refractivity contribution in [3.8, 4) is 16.8 Å². The number of hydrogen-bond acceptors (Lipinski definition) is 3. The summed E-state index contributed by atoms with van der Waals surface area (Å²) in [4.78, 5) is 24.3. The highest BCUT2D eigenvalue weighted by molar-refractivity contribution is 5.95. The van der Waals surface area contributed by atoms with Gasteiger partial charge in [0.25, 0.3) is 0 Å². The maximum atomic E-state index is 15.9. The second kappa shape index (κ2) is 7.56. The van der Waals surface area contributed by atoms with Gasteiger partial charge in [-0.05, 0) is 41.0 Å². The third kappa shape index (κ3) is 3.28. The van der Waals surface area contributed by atoms with Gasteiger partial charge in [-0.25, -0.2) is 22.4 Å². The summed E-state index contributed by atoms with van der Waals surface area (Å²) in [5.74, 6) is -5.93. The number of carboxylic acids is 1. The molecule has 0 fully saturated rings. The van der Waals surface area contributed by atoms with Gasteiger partial charge in [0.1, 0.15) is 23.0 Å². The van der Waals surface area contributed by atoms with E-state index in [4.69, 9.17) is 0 Å². The van der Waals surface area contributed by atoms with E-state index in [-0.39, 0.29) is 5.56 Å². The average molecular weight is 454 g/mol. The smallest absolute Gasteiger partial charge is 0.341 e. The molecule has 0 amide bonds. The molecular weight excluding hydrogens is 440 g/mol. The fraction of sp³-hybridized carbons (Fsp3) is 0.0833. The molecule has 1 aliphatic rings. The van der Waals surface area contributed by atoms with Crippen molar-refractivity contribution in [3.63, 3.8) is 0 Å². The van der Waals surface area contributed by atoms with Gasteiger partial charge in [0, 0.05) is 25.4 Å². The molecule has 1 aromatic heterocycles. The number of carbonyl (C=O) groups is 1. The number of hydrogen-bond donors (Lipinski definition) is 2. The fourth-order valence-corrected chi connectivity index (χ4v) is 4.15. The van der Waals surface area contributed by atoms with Crippen molar-refractivity contribution in [3.05, 3.63) is 98.8 Å². The monoisotopic (exact) mass is 454 g/mol. The van der Waals surface area contributed by atoms with Crippen LogP contribution in [-0.2, 0) is 13.1 Å². The van der Waals surface area contributed by atoms with E-state index in [0.29, 0.717) is 19.2 Å². The first kappa shape index (κ1) is 20.9. The molecule has 0 saturated carbocycles. The first-order valence-corrected chi connectivity index (χ1v) is 9.85. The molecule has 2 heterocycles. The molecule has 0 spiro atoms. The van der Waals surface area contributed by atoms with Gasteiger partial charge in [0.2, 0.25) is 5.43 Å². The van der Waals surface area contributed by atoms with Gasteiger partial charge in [0.15, 0.2) is 5.82 Å². The molecule has 166 valence electrons. The third-order valence-corrected chi connectivity index (χ3v) is 5.71. The van der Waals surface area contributed by atoms with Crippen molar-refractivity contribution >= 4 is 16.9 Å². The van der Waals surface area contributed by atoms with Crippen LogP contribution in [0.3, 0.4) is 0 Å². The van der Waals surface area contributed by atoms with Crippen molar-refractivity contribution in [2.75, 3.05) is 0 Å². The Bertz CT molecular complexity index is 1550. The lowest BCUT2D eigenvalue weighted by Crippen LogP contribution is -2.20. The van der Waals surface area contributed by atoms with Crippen molar-refractivity contribution in [1.82, 2.24) is 9.88 Å². The Morgan fingerprint density at radius 2 is 1.70 bits per heavy atom. The van der Waals surface area contributed by atoms with Crippen LogP contribution in [-0.4, -0.2) is 15.6 Å². The van der Waals surface area contributed by atoms with Crippen LogP contribution in [0.15, 0.2) is 53.5 Å². The summed E-state index contributed by atoms with van der Waals surface area (Å²) in [6.45, 7) is 1.15. The molecule has 33 heavy (non-hydrogen) atoms. The second-order valence-electron chi connectivity index (χ2n) is 7.67. The van der Waals surface area contributed by atoms with Crippen LogP contribution in [0, 0.1) is 23.3 Å². The summed E-state index contributed by atoms with van der Waals surface area (Å²) in [6.07, 6.45) is 0.751. The van der Waals surface area contributed by atoms with E-state index in [0.717, 1.165) is 40.1 Å². The van der Waals surface area contributed by atoms with Crippen LogP contribution in [0.1, 0.15) is 21.5 Å². The van der Waals surface area contributed by atoms with Gasteiger partial charge in [-0.2, -0.15) is 0 Å². The zero-order valence-electron chi connectivity index (χ0n) is 16.8. The Balaban J connectivity index is 1.89. The zero-order valence-corrected chi connectivity index (χ0v) is 16.8. The number of nitrogens with one attached hydrogen (secondary N) is 1. The Kier molecular flexibility index (Phi) is 4.79. The number of aromatic carboxylic acids is 1. The predicted molar refractivity (Wildman–Crippen MR) is 112 cm³/mol. The van der Waals surface area contributed by atoms with Crippen LogP contribution in [0.2, 0.25) is 0 Å². The number of aromatic nitrogens is 1. The molecule has 0 radical (unpaired) electrons. The Labute approximate surface area is 183 Å². The second-order valence-corrected chi connectivity index (χ2v) is 7.67. The molecule has 1 aliphatic heterocycles.